The molecule has 0 radical (unpaired) electrons. The van der Waals surface area contributed by atoms with Gasteiger partial charge in [0.2, 0.25) is 0 Å². The third kappa shape index (κ3) is 2.21. The molecule has 0 unspecified atom stereocenters. The maximum absolute atomic E-state index is 12.7. The molecule has 2 aliphatic rings. The van der Waals surface area contributed by atoms with E-state index in [1.54, 1.807) is 9.80 Å². The number of fused-ring (bicyclic) bond motifs is 3. The number of benzene rings is 2. The van der Waals surface area contributed by atoms with Crippen molar-refractivity contribution in [1.29, 1.82) is 0 Å². The monoisotopic (exact) mass is 320 g/mol. The Balaban J connectivity index is 1.82. The molecule has 0 spiro atoms. The normalized spacial score (nSPS) is 23.0. The number of likely N-dealkylation sites (N-methyl/N-ethyl adjacent to an activating group) is 1. The topological polar surface area (TPSA) is 40.6 Å². The summed E-state index contributed by atoms with van der Waals surface area (Å²) in [7, 11) is 0. The maximum atomic E-state index is 12.7. The van der Waals surface area contributed by atoms with E-state index in [1.807, 2.05) is 31.2 Å². The predicted molar refractivity (Wildman–Crippen MR) is 91.4 cm³/mol. The van der Waals surface area contributed by atoms with Gasteiger partial charge in [0.1, 0.15) is 0 Å². The summed E-state index contributed by atoms with van der Waals surface area (Å²) in [4.78, 5) is 28.4. The van der Waals surface area contributed by atoms with Crippen LogP contribution >= 0.6 is 0 Å². The minimum Gasteiger partial charge on any atom is -0.332 e. The molecule has 2 aromatic carbocycles. The Kier molecular flexibility index (Phi) is 3.60. The van der Waals surface area contributed by atoms with Gasteiger partial charge in [-0.3, -0.25) is 9.59 Å². The summed E-state index contributed by atoms with van der Waals surface area (Å²) in [5, 5.41) is 0. The largest absolute Gasteiger partial charge is 0.332 e. The Morgan fingerprint density at radius 1 is 0.875 bits per heavy atom. The van der Waals surface area contributed by atoms with Crippen molar-refractivity contribution in [3.8, 4) is 0 Å². The molecule has 122 valence electrons. The molecule has 24 heavy (non-hydrogen) atoms. The van der Waals surface area contributed by atoms with Gasteiger partial charge in [-0.25, -0.2) is 0 Å². The van der Waals surface area contributed by atoms with Gasteiger partial charge in [-0.1, -0.05) is 54.6 Å². The summed E-state index contributed by atoms with van der Waals surface area (Å²) in [6, 6.07) is 18.5. The van der Waals surface area contributed by atoms with Gasteiger partial charge in [0.15, 0.2) is 0 Å². The summed E-state index contributed by atoms with van der Waals surface area (Å²) in [6.45, 7) is 3.63. The van der Waals surface area contributed by atoms with Crippen molar-refractivity contribution in [1.82, 2.24) is 9.80 Å². The zero-order valence-corrected chi connectivity index (χ0v) is 13.7. The number of carbonyl (C=O) groups is 2. The minimum absolute atomic E-state index is 0.0358. The van der Waals surface area contributed by atoms with Crippen LogP contribution in [0.4, 0.5) is 0 Å². The molecule has 2 aliphatic heterocycles. The first-order valence-electron chi connectivity index (χ1n) is 8.44. The van der Waals surface area contributed by atoms with E-state index in [-0.39, 0.29) is 23.8 Å². The first kappa shape index (κ1) is 14.9. The van der Waals surface area contributed by atoms with Gasteiger partial charge in [0.25, 0.3) is 0 Å². The molecule has 1 saturated heterocycles. The van der Waals surface area contributed by atoms with Crippen LogP contribution < -0.4 is 0 Å². The number of hydrogen-bond acceptors (Lipinski definition) is 2. The Morgan fingerprint density at radius 3 is 2.25 bits per heavy atom. The summed E-state index contributed by atoms with van der Waals surface area (Å²) in [6.07, 6.45) is 0. The molecule has 2 amide bonds. The molecule has 4 rings (SSSR count). The average molecular weight is 320 g/mol. The van der Waals surface area contributed by atoms with E-state index in [2.05, 4.69) is 30.3 Å². The number of piperazine rings is 1. The predicted octanol–water partition coefficient (Wildman–Crippen LogP) is 2.56. The summed E-state index contributed by atoms with van der Waals surface area (Å²) >= 11 is 0. The summed E-state index contributed by atoms with van der Waals surface area (Å²) in [5.41, 5.74) is 3.61. The van der Waals surface area contributed by atoms with E-state index in [9.17, 15) is 9.59 Å². The fraction of sp³-hybridized carbons (Fsp3) is 0.300. The van der Waals surface area contributed by atoms with Crippen molar-refractivity contribution >= 4 is 11.8 Å². The molecule has 1 fully saturated rings. The van der Waals surface area contributed by atoms with E-state index >= 15 is 0 Å². The van der Waals surface area contributed by atoms with Crippen LogP contribution in [-0.2, 0) is 9.59 Å². The van der Waals surface area contributed by atoms with Crippen LogP contribution in [-0.4, -0.2) is 41.2 Å². The second-order valence-electron chi connectivity index (χ2n) is 6.41. The van der Waals surface area contributed by atoms with E-state index in [4.69, 9.17) is 0 Å². The van der Waals surface area contributed by atoms with Gasteiger partial charge in [-0.15, -0.1) is 0 Å². The first-order valence-corrected chi connectivity index (χ1v) is 8.44. The fourth-order valence-corrected chi connectivity index (χ4v) is 3.94. The van der Waals surface area contributed by atoms with Crippen molar-refractivity contribution in [2.24, 2.45) is 0 Å². The molecule has 0 aliphatic carbocycles. The molecule has 2 atom stereocenters. The van der Waals surface area contributed by atoms with Gasteiger partial charge >= 0.3 is 11.8 Å². The van der Waals surface area contributed by atoms with E-state index in [1.165, 1.54) is 11.1 Å². The van der Waals surface area contributed by atoms with Crippen molar-refractivity contribution in [2.45, 2.75) is 18.9 Å². The van der Waals surface area contributed by atoms with Crippen molar-refractivity contribution < 1.29 is 9.59 Å². The lowest BCUT2D eigenvalue weighted by Crippen LogP contribution is -2.58. The van der Waals surface area contributed by atoms with Crippen molar-refractivity contribution in [2.75, 3.05) is 19.6 Å². The van der Waals surface area contributed by atoms with Crippen LogP contribution in [0.5, 0.6) is 0 Å². The molecule has 4 heteroatoms. The molecule has 2 heterocycles. The van der Waals surface area contributed by atoms with E-state index < -0.39 is 0 Å². The zero-order valence-electron chi connectivity index (χ0n) is 13.7. The Bertz CT molecular complexity index is 787. The smallest absolute Gasteiger partial charge is 0.312 e. The second-order valence-corrected chi connectivity index (χ2v) is 6.41. The summed E-state index contributed by atoms with van der Waals surface area (Å²) in [5.74, 6) is -0.632. The number of amides is 2. The quantitative estimate of drug-likeness (QED) is 0.798. The third-order valence-corrected chi connectivity index (χ3v) is 5.19. The molecule has 2 aromatic rings. The molecule has 0 bridgehead atoms. The lowest BCUT2D eigenvalue weighted by Gasteiger charge is -2.46. The Labute approximate surface area is 141 Å². The van der Waals surface area contributed by atoms with Crippen LogP contribution in [0, 0.1) is 0 Å². The molecule has 4 nitrogen and oxygen atoms in total. The Hall–Kier alpha value is -2.62. The molecule has 0 aromatic heterocycles. The van der Waals surface area contributed by atoms with Crippen LogP contribution in [0.25, 0.3) is 0 Å². The lowest BCUT2D eigenvalue weighted by atomic mass is 9.80. The number of carbonyl (C=O) groups excluding carboxylic acids is 2. The fourth-order valence-electron chi connectivity index (χ4n) is 3.94. The van der Waals surface area contributed by atoms with E-state index in [0.29, 0.717) is 19.6 Å². The average Bonchev–Trinajstić information content (AvgIpc) is 2.64. The van der Waals surface area contributed by atoms with Gasteiger partial charge < -0.3 is 9.80 Å². The SMILES string of the molecule is CCN1C[C@@H]2c3ccccc3[C@H](c3ccccc3)CN2C(=O)C1=O. The van der Waals surface area contributed by atoms with Crippen LogP contribution in [0.1, 0.15) is 35.6 Å². The molecular weight excluding hydrogens is 300 g/mol. The van der Waals surface area contributed by atoms with Crippen LogP contribution in [0.15, 0.2) is 54.6 Å². The van der Waals surface area contributed by atoms with Gasteiger partial charge in [0, 0.05) is 25.6 Å². The highest BCUT2D eigenvalue weighted by atomic mass is 16.2. The summed E-state index contributed by atoms with van der Waals surface area (Å²) < 4.78 is 0. The van der Waals surface area contributed by atoms with Crippen molar-refractivity contribution in [3.63, 3.8) is 0 Å². The highest BCUT2D eigenvalue weighted by Gasteiger charge is 2.44. The van der Waals surface area contributed by atoms with Gasteiger partial charge in [-0.2, -0.15) is 0 Å². The first-order chi connectivity index (χ1) is 11.7. The lowest BCUT2D eigenvalue weighted by molar-refractivity contribution is -0.159. The van der Waals surface area contributed by atoms with Crippen LogP contribution in [0.3, 0.4) is 0 Å². The second kappa shape index (κ2) is 5.78. The minimum atomic E-state index is -0.375. The van der Waals surface area contributed by atoms with Gasteiger partial charge in [-0.05, 0) is 23.6 Å². The molecular formula is C20H20N2O2. The highest BCUT2D eigenvalue weighted by Crippen LogP contribution is 2.41. The Morgan fingerprint density at radius 2 is 1.54 bits per heavy atom. The van der Waals surface area contributed by atoms with Crippen LogP contribution in [0.2, 0.25) is 0 Å². The number of nitrogens with zero attached hydrogens (tertiary/aromatic N) is 2. The number of rotatable bonds is 2. The van der Waals surface area contributed by atoms with Crippen molar-refractivity contribution in [3.05, 3.63) is 71.3 Å². The van der Waals surface area contributed by atoms with Gasteiger partial charge in [0.05, 0.1) is 6.04 Å². The zero-order chi connectivity index (χ0) is 16.7. The maximum Gasteiger partial charge on any atom is 0.312 e. The third-order valence-electron chi connectivity index (χ3n) is 5.19. The number of hydrogen-bond donors (Lipinski definition) is 0. The molecule has 0 saturated carbocycles. The van der Waals surface area contributed by atoms with E-state index in [0.717, 1.165) is 5.56 Å². The molecule has 0 N–H and O–H groups in total. The highest BCUT2D eigenvalue weighted by molar-refractivity contribution is 6.35. The standard InChI is InChI=1S/C20H20N2O2/c1-2-21-13-18-16-11-7-6-10-15(16)17(14-8-4-3-5-9-14)12-22(18)20(24)19(21)23/h3-11,17-18H,2,12-13H2,1H3/t17-,18+/m0/s1.